The number of methoxy groups -OCH3 is 1. The van der Waals surface area contributed by atoms with Crippen LogP contribution in [-0.4, -0.2) is 56.0 Å². The third-order valence-electron chi connectivity index (χ3n) is 3.44. The predicted molar refractivity (Wildman–Crippen MR) is 65.5 cm³/mol. The Kier molecular flexibility index (Phi) is 5.18. The number of hydrogen-bond donors (Lipinski definition) is 1. The van der Waals surface area contributed by atoms with Crippen LogP contribution in [0.4, 0.5) is 0 Å². The molecule has 96 valence electrons. The highest BCUT2D eigenvalue weighted by Crippen LogP contribution is 2.21. The van der Waals surface area contributed by atoms with E-state index in [1.54, 1.807) is 7.11 Å². The molecule has 0 aliphatic carbocycles. The summed E-state index contributed by atoms with van der Waals surface area (Å²) in [6, 6.07) is 0.837. The van der Waals surface area contributed by atoms with Crippen molar-refractivity contribution >= 4 is 0 Å². The Morgan fingerprint density at radius 2 is 2.25 bits per heavy atom. The Morgan fingerprint density at radius 3 is 2.75 bits per heavy atom. The molecule has 4 nitrogen and oxygen atoms in total. The Morgan fingerprint density at radius 1 is 1.56 bits per heavy atom. The molecule has 1 saturated heterocycles. The second-order valence-corrected chi connectivity index (χ2v) is 5.22. The summed E-state index contributed by atoms with van der Waals surface area (Å²) in [5.41, 5.74) is 5.78. The molecule has 2 atom stereocenters. The van der Waals surface area contributed by atoms with Crippen molar-refractivity contribution in [1.82, 2.24) is 4.90 Å². The van der Waals surface area contributed by atoms with Gasteiger partial charge in [-0.3, -0.25) is 4.90 Å². The predicted octanol–water partition coefficient (Wildman–Crippen LogP) is 0.850. The molecule has 0 bridgehead atoms. The van der Waals surface area contributed by atoms with E-state index in [1.807, 2.05) is 0 Å². The molecule has 0 radical (unpaired) electrons. The van der Waals surface area contributed by atoms with E-state index in [-0.39, 0.29) is 5.60 Å². The van der Waals surface area contributed by atoms with E-state index < -0.39 is 0 Å². The van der Waals surface area contributed by atoms with E-state index in [1.165, 1.54) is 0 Å². The van der Waals surface area contributed by atoms with Gasteiger partial charge in [-0.25, -0.2) is 0 Å². The Bertz CT molecular complexity index is 209. The summed E-state index contributed by atoms with van der Waals surface area (Å²) >= 11 is 0. The second-order valence-electron chi connectivity index (χ2n) is 5.22. The van der Waals surface area contributed by atoms with Crippen LogP contribution in [0.5, 0.6) is 0 Å². The van der Waals surface area contributed by atoms with Gasteiger partial charge in [0.25, 0.3) is 0 Å². The summed E-state index contributed by atoms with van der Waals surface area (Å²) in [6.07, 6.45) is 0.963. The van der Waals surface area contributed by atoms with Crippen molar-refractivity contribution < 1.29 is 9.47 Å². The minimum absolute atomic E-state index is 0.109. The van der Waals surface area contributed by atoms with E-state index in [0.29, 0.717) is 18.6 Å². The Balaban J connectivity index is 2.58. The number of ether oxygens (including phenoxy) is 2. The van der Waals surface area contributed by atoms with Gasteiger partial charge in [-0.1, -0.05) is 0 Å². The molecule has 16 heavy (non-hydrogen) atoms. The first kappa shape index (κ1) is 13.9. The molecule has 1 fully saturated rings. The van der Waals surface area contributed by atoms with Crippen molar-refractivity contribution in [3.05, 3.63) is 0 Å². The molecule has 1 aliphatic rings. The lowest BCUT2D eigenvalue weighted by molar-refractivity contribution is -0.0519. The third kappa shape index (κ3) is 3.70. The SMILES string of the molecule is COC(C)(C)CC(CN)N1CCOCC1C. The highest BCUT2D eigenvalue weighted by Gasteiger charge is 2.30. The van der Waals surface area contributed by atoms with Crippen LogP contribution in [0.1, 0.15) is 27.2 Å². The zero-order valence-electron chi connectivity index (χ0n) is 11.0. The number of nitrogens with zero attached hydrogens (tertiary/aromatic N) is 1. The van der Waals surface area contributed by atoms with Gasteiger partial charge >= 0.3 is 0 Å². The quantitative estimate of drug-likeness (QED) is 0.760. The Labute approximate surface area is 99.1 Å². The molecule has 0 amide bonds. The summed E-state index contributed by atoms with van der Waals surface area (Å²) in [4.78, 5) is 2.45. The zero-order valence-corrected chi connectivity index (χ0v) is 11.0. The molecule has 0 spiro atoms. The molecule has 0 aromatic rings. The fourth-order valence-corrected chi connectivity index (χ4v) is 2.27. The maximum atomic E-state index is 5.89. The standard InChI is InChI=1S/C12H26N2O2/c1-10-9-16-6-5-14(10)11(8-13)7-12(2,3)15-4/h10-11H,5-9,13H2,1-4H3. The number of rotatable bonds is 5. The molecule has 0 aromatic heterocycles. The fraction of sp³-hybridized carbons (Fsp3) is 1.00. The summed E-state index contributed by atoms with van der Waals surface area (Å²) in [5, 5.41) is 0. The van der Waals surface area contributed by atoms with Crippen LogP contribution in [0.15, 0.2) is 0 Å². The molecular weight excluding hydrogens is 204 g/mol. The summed E-state index contributed by atoms with van der Waals surface area (Å²) < 4.78 is 10.9. The number of nitrogens with two attached hydrogens (primary N) is 1. The average Bonchev–Trinajstić information content (AvgIpc) is 2.27. The van der Waals surface area contributed by atoms with Crippen LogP contribution in [-0.2, 0) is 9.47 Å². The smallest absolute Gasteiger partial charge is 0.0638 e. The van der Waals surface area contributed by atoms with Crippen LogP contribution in [0.25, 0.3) is 0 Å². The third-order valence-corrected chi connectivity index (χ3v) is 3.44. The lowest BCUT2D eigenvalue weighted by atomic mass is 9.96. The van der Waals surface area contributed by atoms with Crippen molar-refractivity contribution in [2.45, 2.75) is 44.9 Å². The average molecular weight is 230 g/mol. The Hall–Kier alpha value is -0.160. The maximum Gasteiger partial charge on any atom is 0.0638 e. The number of hydrogen-bond acceptors (Lipinski definition) is 4. The fourth-order valence-electron chi connectivity index (χ4n) is 2.27. The highest BCUT2D eigenvalue weighted by atomic mass is 16.5. The van der Waals surface area contributed by atoms with Gasteiger partial charge in [0.2, 0.25) is 0 Å². The molecule has 2 unspecified atom stereocenters. The van der Waals surface area contributed by atoms with E-state index >= 15 is 0 Å². The van der Waals surface area contributed by atoms with Gasteiger partial charge in [0.15, 0.2) is 0 Å². The minimum Gasteiger partial charge on any atom is -0.379 e. The van der Waals surface area contributed by atoms with Gasteiger partial charge < -0.3 is 15.2 Å². The van der Waals surface area contributed by atoms with Crippen molar-refractivity contribution in [3.8, 4) is 0 Å². The molecule has 0 saturated carbocycles. The van der Waals surface area contributed by atoms with E-state index in [2.05, 4.69) is 25.7 Å². The molecular formula is C12H26N2O2. The second kappa shape index (κ2) is 5.96. The first-order valence-electron chi connectivity index (χ1n) is 6.09. The van der Waals surface area contributed by atoms with Crippen LogP contribution in [0.2, 0.25) is 0 Å². The summed E-state index contributed by atoms with van der Waals surface area (Å²) in [5.74, 6) is 0. The lowest BCUT2D eigenvalue weighted by Gasteiger charge is -2.41. The molecule has 1 heterocycles. The van der Waals surface area contributed by atoms with Crippen LogP contribution < -0.4 is 5.73 Å². The molecule has 2 N–H and O–H groups in total. The lowest BCUT2D eigenvalue weighted by Crippen LogP contribution is -2.54. The van der Waals surface area contributed by atoms with Gasteiger partial charge in [0.05, 0.1) is 18.8 Å². The van der Waals surface area contributed by atoms with E-state index in [4.69, 9.17) is 15.2 Å². The molecule has 4 heteroatoms. The molecule has 1 rings (SSSR count). The maximum absolute atomic E-state index is 5.89. The summed E-state index contributed by atoms with van der Waals surface area (Å²) in [6.45, 7) is 9.70. The van der Waals surface area contributed by atoms with Crippen molar-refractivity contribution in [2.24, 2.45) is 5.73 Å². The van der Waals surface area contributed by atoms with Crippen LogP contribution in [0.3, 0.4) is 0 Å². The molecule has 0 aromatic carbocycles. The zero-order chi connectivity index (χ0) is 12.2. The largest absolute Gasteiger partial charge is 0.379 e. The van der Waals surface area contributed by atoms with Gasteiger partial charge in [0.1, 0.15) is 0 Å². The summed E-state index contributed by atoms with van der Waals surface area (Å²) in [7, 11) is 1.76. The number of morpholine rings is 1. The monoisotopic (exact) mass is 230 g/mol. The van der Waals surface area contributed by atoms with Crippen molar-refractivity contribution in [2.75, 3.05) is 33.4 Å². The van der Waals surface area contributed by atoms with Crippen molar-refractivity contribution in [3.63, 3.8) is 0 Å². The van der Waals surface area contributed by atoms with E-state index in [0.717, 1.165) is 26.2 Å². The van der Waals surface area contributed by atoms with Gasteiger partial charge in [0, 0.05) is 32.3 Å². The topological polar surface area (TPSA) is 47.7 Å². The highest BCUT2D eigenvalue weighted by molar-refractivity contribution is 4.85. The minimum atomic E-state index is -0.109. The van der Waals surface area contributed by atoms with Gasteiger partial charge in [-0.05, 0) is 27.2 Å². The van der Waals surface area contributed by atoms with Crippen LogP contribution in [0, 0.1) is 0 Å². The van der Waals surface area contributed by atoms with Crippen molar-refractivity contribution in [1.29, 1.82) is 0 Å². The van der Waals surface area contributed by atoms with E-state index in [9.17, 15) is 0 Å². The normalized spacial score (nSPS) is 25.7. The first-order valence-corrected chi connectivity index (χ1v) is 6.09. The van der Waals surface area contributed by atoms with Crippen LogP contribution >= 0.6 is 0 Å². The van der Waals surface area contributed by atoms with Gasteiger partial charge in [-0.15, -0.1) is 0 Å². The molecule has 1 aliphatic heterocycles. The first-order chi connectivity index (χ1) is 7.50. The van der Waals surface area contributed by atoms with Gasteiger partial charge in [-0.2, -0.15) is 0 Å².